The molecule has 0 N–H and O–H groups in total. The maximum absolute atomic E-state index is 7.00. The molecule has 0 aliphatic heterocycles. The molecule has 6 aromatic carbocycles. The predicted octanol–water partition coefficient (Wildman–Crippen LogP) is 14.1. The van der Waals surface area contributed by atoms with Crippen molar-refractivity contribution in [3.63, 3.8) is 0 Å². The summed E-state index contributed by atoms with van der Waals surface area (Å²) in [6.45, 7) is 22.7. The third-order valence-corrected chi connectivity index (χ3v) is 12.9. The number of rotatable bonds is 9. The summed E-state index contributed by atoms with van der Waals surface area (Å²) in [6, 6.07) is 56.2. The SMILES string of the molecule is CC(C)(C)c1ccnc(-n2c3ccccc3c3c(C(C)(C)c4ccccc4)cc(Oc4cccc(-n5[c-][n+](-c6cccc(C(C)(C)c7ccccc7)c6)c(C(C)(C)C)c5)c4)cc32)c1. The van der Waals surface area contributed by atoms with E-state index in [0.29, 0.717) is 0 Å². The average molecular weight is 827 g/mol. The summed E-state index contributed by atoms with van der Waals surface area (Å²) in [4.78, 5) is 5.00. The molecule has 0 saturated heterocycles. The average Bonchev–Trinajstić information content (AvgIpc) is 3.88. The number of hydrogen-bond donors (Lipinski definition) is 0. The van der Waals surface area contributed by atoms with Crippen LogP contribution in [0.25, 0.3) is 39.0 Å². The van der Waals surface area contributed by atoms with E-state index in [1.54, 1.807) is 0 Å². The van der Waals surface area contributed by atoms with Gasteiger partial charge in [-0.3, -0.25) is 13.7 Å². The smallest absolute Gasteiger partial charge is 0.269 e. The minimum absolute atomic E-state index is 0.0381. The first kappa shape index (κ1) is 41.6. The van der Waals surface area contributed by atoms with Crippen LogP contribution in [-0.4, -0.2) is 14.1 Å². The number of benzene rings is 6. The Kier molecular flexibility index (Phi) is 10.3. The second kappa shape index (κ2) is 15.6. The zero-order chi connectivity index (χ0) is 44.3. The maximum atomic E-state index is 7.00. The zero-order valence-electron chi connectivity index (χ0n) is 38.4. The van der Waals surface area contributed by atoms with Crippen molar-refractivity contribution in [3.8, 4) is 28.7 Å². The van der Waals surface area contributed by atoms with Crippen molar-refractivity contribution < 1.29 is 9.30 Å². The Balaban J connectivity index is 1.17. The fraction of sp³-hybridized carbons (Fsp3) is 0.241. The minimum Gasteiger partial charge on any atom is -0.458 e. The van der Waals surface area contributed by atoms with Gasteiger partial charge in [0.05, 0.1) is 28.1 Å². The predicted molar refractivity (Wildman–Crippen MR) is 259 cm³/mol. The van der Waals surface area contributed by atoms with E-state index in [0.717, 1.165) is 45.4 Å². The first-order valence-electron chi connectivity index (χ1n) is 22.1. The topological polar surface area (TPSA) is 35.9 Å². The highest BCUT2D eigenvalue weighted by Gasteiger charge is 2.30. The Hall–Kier alpha value is -6.72. The lowest BCUT2D eigenvalue weighted by Gasteiger charge is -2.28. The summed E-state index contributed by atoms with van der Waals surface area (Å²) in [5.41, 5.74) is 10.8. The fourth-order valence-electron chi connectivity index (χ4n) is 9.00. The molecule has 0 saturated carbocycles. The van der Waals surface area contributed by atoms with E-state index in [4.69, 9.17) is 9.72 Å². The molecule has 5 heteroatoms. The summed E-state index contributed by atoms with van der Waals surface area (Å²) >= 11 is 0. The maximum Gasteiger partial charge on any atom is 0.269 e. The van der Waals surface area contributed by atoms with Crippen molar-refractivity contribution in [1.29, 1.82) is 0 Å². The molecule has 0 bridgehead atoms. The Bertz CT molecular complexity index is 3100. The second-order valence-corrected chi connectivity index (χ2v) is 20.1. The zero-order valence-corrected chi connectivity index (χ0v) is 38.4. The summed E-state index contributed by atoms with van der Waals surface area (Å²) in [7, 11) is 0. The first-order chi connectivity index (χ1) is 30.0. The van der Waals surface area contributed by atoms with Gasteiger partial charge in [-0.25, -0.2) is 4.98 Å². The lowest BCUT2D eigenvalue weighted by Crippen LogP contribution is -2.39. The quantitative estimate of drug-likeness (QED) is 0.107. The van der Waals surface area contributed by atoms with Crippen LogP contribution in [0, 0.1) is 6.33 Å². The van der Waals surface area contributed by atoms with Crippen molar-refractivity contribution in [2.24, 2.45) is 0 Å². The molecule has 0 aliphatic carbocycles. The molecule has 9 rings (SSSR count). The molecule has 3 aromatic heterocycles. The summed E-state index contributed by atoms with van der Waals surface area (Å²) in [6.07, 6.45) is 7.87. The highest BCUT2D eigenvalue weighted by Crippen LogP contribution is 2.45. The van der Waals surface area contributed by atoms with E-state index in [1.807, 2.05) is 12.3 Å². The molecule has 0 spiro atoms. The number of fused-ring (bicyclic) bond motifs is 3. The molecule has 0 amide bonds. The lowest BCUT2D eigenvalue weighted by atomic mass is 9.76. The monoisotopic (exact) mass is 826 g/mol. The molecule has 0 unspecified atom stereocenters. The number of aromatic nitrogens is 4. The third kappa shape index (κ3) is 7.75. The lowest BCUT2D eigenvalue weighted by molar-refractivity contribution is -0.611. The highest BCUT2D eigenvalue weighted by molar-refractivity contribution is 6.11. The molecule has 0 atom stereocenters. The van der Waals surface area contributed by atoms with Crippen molar-refractivity contribution in [2.45, 2.75) is 90.9 Å². The van der Waals surface area contributed by atoms with Crippen LogP contribution < -0.4 is 9.30 Å². The van der Waals surface area contributed by atoms with Gasteiger partial charge in [-0.1, -0.05) is 166 Å². The number of imidazole rings is 1. The second-order valence-electron chi connectivity index (χ2n) is 20.1. The van der Waals surface area contributed by atoms with E-state index in [1.165, 1.54) is 38.6 Å². The van der Waals surface area contributed by atoms with Crippen molar-refractivity contribution >= 4 is 21.8 Å². The highest BCUT2D eigenvalue weighted by atomic mass is 16.5. The van der Waals surface area contributed by atoms with Crippen LogP contribution >= 0.6 is 0 Å². The van der Waals surface area contributed by atoms with Crippen LogP contribution in [0.2, 0.25) is 0 Å². The molecule has 316 valence electrons. The van der Waals surface area contributed by atoms with Gasteiger partial charge in [-0.15, -0.1) is 0 Å². The molecule has 0 radical (unpaired) electrons. The molecular weight excluding hydrogens is 769 g/mol. The van der Waals surface area contributed by atoms with Crippen molar-refractivity contribution in [2.75, 3.05) is 0 Å². The first-order valence-corrected chi connectivity index (χ1v) is 22.1. The number of pyridine rings is 1. The van der Waals surface area contributed by atoms with Gasteiger partial charge in [0, 0.05) is 40.1 Å². The molecule has 3 heterocycles. The van der Waals surface area contributed by atoms with Crippen molar-refractivity contribution in [3.05, 3.63) is 210 Å². The van der Waals surface area contributed by atoms with E-state index in [2.05, 4.69) is 247 Å². The van der Waals surface area contributed by atoms with Gasteiger partial charge >= 0.3 is 0 Å². The van der Waals surface area contributed by atoms with Gasteiger partial charge in [-0.2, -0.15) is 0 Å². The van der Waals surface area contributed by atoms with Crippen LogP contribution in [0.15, 0.2) is 170 Å². The molecule has 0 fully saturated rings. The minimum atomic E-state index is -0.360. The van der Waals surface area contributed by atoms with E-state index >= 15 is 0 Å². The third-order valence-electron chi connectivity index (χ3n) is 12.9. The standard InChI is InChI=1S/C58H58N4O/c1-55(2,3)42-31-32-59-53(34-42)62-50-30-18-17-29-48(50)54-49(58(9,10)41-23-15-12-16-24-41)36-47(37-51(54)62)63-46-28-20-26-44(35-46)60-38-52(56(4,5)6)61(39-60)45-27-19-25-43(33-45)57(7,8)40-21-13-11-14-22-40/h11-38H,1-10H3. The van der Waals surface area contributed by atoms with Gasteiger partial charge in [0.1, 0.15) is 17.3 Å². The van der Waals surface area contributed by atoms with Gasteiger partial charge in [0.15, 0.2) is 0 Å². The summed E-state index contributed by atoms with van der Waals surface area (Å²) in [5.74, 6) is 2.38. The Labute approximate surface area is 373 Å². The molecule has 63 heavy (non-hydrogen) atoms. The van der Waals surface area contributed by atoms with Gasteiger partial charge in [0.2, 0.25) is 0 Å². The summed E-state index contributed by atoms with van der Waals surface area (Å²) in [5, 5.41) is 2.38. The van der Waals surface area contributed by atoms with E-state index in [-0.39, 0.29) is 21.7 Å². The number of para-hydroxylation sites is 1. The summed E-state index contributed by atoms with van der Waals surface area (Å²) < 4.78 is 13.6. The molecular formula is C58H58N4O. The largest absolute Gasteiger partial charge is 0.458 e. The van der Waals surface area contributed by atoms with Crippen LogP contribution in [0.1, 0.15) is 103 Å². The van der Waals surface area contributed by atoms with Crippen LogP contribution in [0.5, 0.6) is 11.5 Å². The molecule has 9 aromatic rings. The van der Waals surface area contributed by atoms with Crippen LogP contribution in [-0.2, 0) is 21.7 Å². The Morgan fingerprint density at radius 3 is 1.87 bits per heavy atom. The van der Waals surface area contributed by atoms with E-state index in [9.17, 15) is 0 Å². The Morgan fingerprint density at radius 2 is 1.17 bits per heavy atom. The fourth-order valence-corrected chi connectivity index (χ4v) is 9.00. The number of nitrogens with zero attached hydrogens (tertiary/aromatic N) is 4. The van der Waals surface area contributed by atoms with Crippen molar-refractivity contribution in [1.82, 2.24) is 14.1 Å². The van der Waals surface area contributed by atoms with Gasteiger partial charge in [0.25, 0.3) is 6.33 Å². The van der Waals surface area contributed by atoms with Gasteiger partial charge in [-0.05, 0) is 93.2 Å². The normalized spacial score (nSPS) is 12.6. The van der Waals surface area contributed by atoms with E-state index < -0.39 is 0 Å². The molecule has 5 nitrogen and oxygen atoms in total. The number of hydrogen-bond acceptors (Lipinski definition) is 2. The Morgan fingerprint density at radius 1 is 0.524 bits per heavy atom. The van der Waals surface area contributed by atoms with Gasteiger partial charge < -0.3 is 4.74 Å². The van der Waals surface area contributed by atoms with Crippen LogP contribution in [0.4, 0.5) is 0 Å². The van der Waals surface area contributed by atoms with Crippen LogP contribution in [0.3, 0.4) is 0 Å². The number of ether oxygens (including phenoxy) is 1. The molecule has 0 aliphatic rings.